The van der Waals surface area contributed by atoms with Gasteiger partial charge in [-0.15, -0.1) is 0 Å². The van der Waals surface area contributed by atoms with Crippen LogP contribution in [0.1, 0.15) is 251 Å². The molecule has 0 aromatic heterocycles. The first kappa shape index (κ1) is 65.1. The van der Waals surface area contributed by atoms with E-state index in [1.54, 1.807) is 6.07 Å². The summed E-state index contributed by atoms with van der Waals surface area (Å²) in [6.07, 6.45) is 37.5. The van der Waals surface area contributed by atoms with Gasteiger partial charge in [0.05, 0.1) is 29.8 Å². The Kier molecular flexibility index (Phi) is 40.6. The van der Waals surface area contributed by atoms with Crippen LogP contribution in [0.5, 0.6) is 0 Å². The van der Waals surface area contributed by atoms with E-state index >= 15 is 0 Å². The molecule has 0 aliphatic carbocycles. The van der Waals surface area contributed by atoms with Crippen molar-refractivity contribution in [3.63, 3.8) is 0 Å². The van der Waals surface area contributed by atoms with Crippen LogP contribution < -0.4 is 10.6 Å². The van der Waals surface area contributed by atoms with Crippen molar-refractivity contribution in [1.29, 1.82) is 0 Å². The maximum atomic E-state index is 11.4. The summed E-state index contributed by atoms with van der Waals surface area (Å²) >= 11 is 5.24. The number of nitrogens with one attached hydrogen (secondary N) is 2. The molecule has 1 fully saturated rings. The van der Waals surface area contributed by atoms with Crippen molar-refractivity contribution in [3.8, 4) is 0 Å². The molecule has 0 unspecified atom stereocenters. The molecule has 0 radical (unpaired) electrons. The lowest BCUT2D eigenvalue weighted by atomic mass is 9.98. The van der Waals surface area contributed by atoms with Gasteiger partial charge >= 0.3 is 0 Å². The van der Waals surface area contributed by atoms with E-state index in [4.69, 9.17) is 26.4 Å². The molecule has 14 heteroatoms. The maximum absolute atomic E-state index is 11.4. The second-order valence-electron chi connectivity index (χ2n) is 20.8. The minimum absolute atomic E-state index is 0.132. The predicted molar refractivity (Wildman–Crippen MR) is 294 cm³/mol. The molecule has 1 saturated heterocycles. The summed E-state index contributed by atoms with van der Waals surface area (Å²) in [7, 11) is 0. The number of non-ortho nitro benzene ring substituents is 1. The number of hydrogen-bond acceptors (Lipinski definition) is 12. The lowest BCUT2D eigenvalue weighted by Gasteiger charge is -2.40. The van der Waals surface area contributed by atoms with Crippen LogP contribution in [0, 0.1) is 10.1 Å². The fraction of sp³-hybridized carbons (Fsp3) is 0.877. The Balaban J connectivity index is 1.71. The maximum Gasteiger partial charge on any atom is 0.271 e. The van der Waals surface area contributed by atoms with Crippen LogP contribution in [0.15, 0.2) is 24.3 Å². The largest absolute Gasteiger partial charge is 0.468 e. The molecular formula is C57H105N3O10S. The molecule has 0 saturated carbocycles. The fourth-order valence-corrected chi connectivity index (χ4v) is 9.87. The highest BCUT2D eigenvalue weighted by Gasteiger charge is 2.45. The summed E-state index contributed by atoms with van der Waals surface area (Å²) in [4.78, 5) is 10.6. The van der Waals surface area contributed by atoms with Gasteiger partial charge in [0, 0.05) is 17.8 Å². The highest BCUT2D eigenvalue weighted by Crippen LogP contribution is 2.25. The first-order valence-corrected chi connectivity index (χ1v) is 29.6. The summed E-state index contributed by atoms with van der Waals surface area (Å²) in [5.41, 5.74) is 0.196. The first-order chi connectivity index (χ1) is 34.6. The molecule has 1 heterocycles. The smallest absolute Gasteiger partial charge is 0.271 e. The number of ether oxygens (including phenoxy) is 3. The van der Waals surface area contributed by atoms with Crippen LogP contribution in [-0.2, 0) is 14.2 Å². The fourth-order valence-electron chi connectivity index (χ4n) is 9.69. The number of unbranched alkanes of at least 4 members (excludes halogenated alkanes) is 34. The lowest BCUT2D eigenvalue weighted by molar-refractivity contribution is -0.384. The van der Waals surface area contributed by atoms with Gasteiger partial charge in [0.2, 0.25) is 0 Å². The van der Waals surface area contributed by atoms with Crippen molar-refractivity contribution < 1.29 is 44.7 Å². The second-order valence-corrected chi connectivity index (χ2v) is 21.2. The van der Waals surface area contributed by atoms with Crippen LogP contribution in [-0.4, -0.2) is 104 Å². The van der Waals surface area contributed by atoms with E-state index in [-0.39, 0.29) is 24.1 Å². The predicted octanol–water partition coefficient (Wildman–Crippen LogP) is 13.3. The molecule has 1 aromatic carbocycles. The lowest BCUT2D eigenvalue weighted by Crippen LogP contribution is -2.60. The molecule has 0 spiro atoms. The molecule has 71 heavy (non-hydrogen) atoms. The van der Waals surface area contributed by atoms with Gasteiger partial charge in [0.15, 0.2) is 6.29 Å². The second kappa shape index (κ2) is 44.3. The number of anilines is 1. The summed E-state index contributed by atoms with van der Waals surface area (Å²) in [5, 5.41) is 72.1. The monoisotopic (exact) mass is 1020 g/mol. The number of benzene rings is 1. The van der Waals surface area contributed by atoms with Crippen LogP contribution >= 0.6 is 12.2 Å². The molecular weight excluding hydrogens is 919 g/mol. The van der Waals surface area contributed by atoms with Crippen molar-refractivity contribution in [3.05, 3.63) is 34.4 Å². The van der Waals surface area contributed by atoms with Gasteiger partial charge in [-0.05, 0) is 37.7 Å². The van der Waals surface area contributed by atoms with E-state index in [1.165, 1.54) is 211 Å². The zero-order chi connectivity index (χ0) is 51.6. The number of hydrogen-bond donors (Lipinski definition) is 7. The van der Waals surface area contributed by atoms with Crippen molar-refractivity contribution in [1.82, 2.24) is 5.32 Å². The molecule has 0 bridgehead atoms. The van der Waals surface area contributed by atoms with Crippen molar-refractivity contribution >= 4 is 28.8 Å². The van der Waals surface area contributed by atoms with Gasteiger partial charge in [-0.25, -0.2) is 0 Å². The molecule has 1 aliphatic heterocycles. The topological polar surface area (TPSA) is 196 Å². The van der Waals surface area contributed by atoms with Crippen LogP contribution in [0.25, 0.3) is 0 Å². The Morgan fingerprint density at radius 1 is 0.634 bits per heavy atom. The first-order valence-electron chi connectivity index (χ1n) is 29.2. The van der Waals surface area contributed by atoms with Gasteiger partial charge in [0.25, 0.3) is 10.9 Å². The normalized spacial score (nSPS) is 19.4. The number of thiocarbonyl (C=S) groups is 1. The van der Waals surface area contributed by atoms with E-state index in [9.17, 15) is 35.6 Å². The van der Waals surface area contributed by atoms with E-state index in [0.29, 0.717) is 18.7 Å². The molecule has 0 amide bonds. The third-order valence-electron chi connectivity index (χ3n) is 14.4. The summed E-state index contributed by atoms with van der Waals surface area (Å²) in [6.45, 7) is 4.67. The van der Waals surface area contributed by atoms with Crippen molar-refractivity contribution in [2.75, 3.05) is 25.1 Å². The number of nitro groups is 1. The molecule has 414 valence electrons. The number of aliphatic hydroxyl groups excluding tert-OH is 5. The van der Waals surface area contributed by atoms with Crippen LogP contribution in [0.4, 0.5) is 11.4 Å². The quantitative estimate of drug-likeness (QED) is 0.0141. The minimum atomic E-state index is -1.63. The summed E-state index contributed by atoms with van der Waals surface area (Å²) < 4.78 is 17.4. The van der Waals surface area contributed by atoms with E-state index < -0.39 is 53.9 Å². The Labute approximate surface area is 436 Å². The Morgan fingerprint density at radius 2 is 1.06 bits per heavy atom. The Morgan fingerprint density at radius 3 is 1.49 bits per heavy atom. The van der Waals surface area contributed by atoms with Gasteiger partial charge in [-0.3, -0.25) is 10.1 Å². The average Bonchev–Trinajstić information content (AvgIpc) is 3.36. The van der Waals surface area contributed by atoms with Crippen LogP contribution in [0.2, 0.25) is 0 Å². The Hall–Kier alpha value is -2.01. The Bertz CT molecular complexity index is 1420. The number of aliphatic hydroxyl groups is 5. The standard InChI is InChI=1S/C57H105N3O10S/c1-3-5-7-9-11-13-15-17-18-19-20-21-22-23-24-25-26-27-28-30-32-34-36-38-43-58-49(52(62)50(61)42-37-35-33-31-29-16-14-12-10-8-6-4-2)45-68-56-55(65)54(64)53(63)51(70-56)46-69-57(71)59-47-40-39-41-48(44-47)60(66)67/h39-41,44,49-56,58,61-65H,3-38,42-43,45-46H2,1-2H3,(H,59,71)/t49-,50+,51+,52-,53-,54-,55+,56+/m0/s1. The zero-order valence-corrected chi connectivity index (χ0v) is 45.7. The third kappa shape index (κ3) is 32.8. The molecule has 1 aliphatic rings. The van der Waals surface area contributed by atoms with Gasteiger partial charge in [-0.2, -0.15) is 0 Å². The van der Waals surface area contributed by atoms with Gasteiger partial charge in [-0.1, -0.05) is 245 Å². The molecule has 13 nitrogen and oxygen atoms in total. The highest BCUT2D eigenvalue weighted by atomic mass is 32.1. The van der Waals surface area contributed by atoms with Gasteiger partial charge in [0.1, 0.15) is 31.0 Å². The minimum Gasteiger partial charge on any atom is -0.468 e. The average molecular weight is 1020 g/mol. The SMILES string of the molecule is CCCCCCCCCCCCCCCCCCCCCCCCCCN[C@@H](CO[C@@H]1O[C@H](COC(=S)Nc2cccc([N+](=O)[O-])c2)[C@H](O)[C@H](O)[C@H]1O)[C@H](O)[C@H](O)CCCCCCCCCCCCCC. The van der Waals surface area contributed by atoms with E-state index in [0.717, 1.165) is 38.5 Å². The number of nitrogens with zero attached hydrogens (tertiary/aromatic N) is 1. The molecule has 1 aromatic rings. The zero-order valence-electron chi connectivity index (χ0n) is 44.8. The number of nitro benzene ring substituents is 1. The molecule has 2 rings (SSSR count). The summed E-state index contributed by atoms with van der Waals surface area (Å²) in [5.74, 6) is 0. The van der Waals surface area contributed by atoms with E-state index in [2.05, 4.69) is 24.5 Å². The summed E-state index contributed by atoms with van der Waals surface area (Å²) in [6, 6.07) is 5.03. The van der Waals surface area contributed by atoms with Gasteiger partial charge < -0.3 is 50.4 Å². The molecule has 7 N–H and O–H groups in total. The van der Waals surface area contributed by atoms with Crippen molar-refractivity contribution in [2.45, 2.75) is 300 Å². The van der Waals surface area contributed by atoms with Crippen LogP contribution in [0.3, 0.4) is 0 Å². The molecule has 8 atom stereocenters. The third-order valence-corrected chi connectivity index (χ3v) is 14.6. The number of rotatable bonds is 48. The highest BCUT2D eigenvalue weighted by molar-refractivity contribution is 7.80. The van der Waals surface area contributed by atoms with E-state index in [1.807, 2.05) is 0 Å². The van der Waals surface area contributed by atoms with Crippen molar-refractivity contribution in [2.24, 2.45) is 0 Å².